The molecule has 0 bridgehead atoms. The van der Waals surface area contributed by atoms with Crippen LogP contribution in [-0.4, -0.2) is 29.5 Å². The van der Waals surface area contributed by atoms with Crippen molar-refractivity contribution in [1.29, 1.82) is 0 Å². The van der Waals surface area contributed by atoms with Crippen molar-refractivity contribution in [3.63, 3.8) is 0 Å². The Morgan fingerprint density at radius 2 is 2.05 bits per heavy atom. The maximum atomic E-state index is 9.97. The molecule has 0 amide bonds. The summed E-state index contributed by atoms with van der Waals surface area (Å²) < 4.78 is 5.08. The Morgan fingerprint density at radius 1 is 1.35 bits per heavy atom. The van der Waals surface area contributed by atoms with Crippen molar-refractivity contribution in [2.45, 2.75) is 44.7 Å². The minimum atomic E-state index is -0.196. The fourth-order valence-electron chi connectivity index (χ4n) is 2.81. The average molecular weight is 279 g/mol. The second-order valence-electron chi connectivity index (χ2n) is 5.97. The molecular weight excluding hydrogens is 254 g/mol. The Balaban J connectivity index is 2.00. The highest BCUT2D eigenvalue weighted by Crippen LogP contribution is 2.32. The molecule has 0 unspecified atom stereocenters. The number of aliphatic hydroxyl groups excluding tert-OH is 1. The molecular formula is C16H25NO3. The van der Waals surface area contributed by atoms with Crippen molar-refractivity contribution < 1.29 is 14.9 Å². The molecule has 0 aliphatic heterocycles. The van der Waals surface area contributed by atoms with Gasteiger partial charge in [0, 0.05) is 23.7 Å². The Bertz CT molecular complexity index is 439. The van der Waals surface area contributed by atoms with E-state index < -0.39 is 0 Å². The van der Waals surface area contributed by atoms with Gasteiger partial charge in [-0.3, -0.25) is 0 Å². The SMILES string of the molecule is COc1ccc(CNC2(CO)CCC(C)CC2)c(O)c1. The van der Waals surface area contributed by atoms with Crippen LogP contribution >= 0.6 is 0 Å². The summed E-state index contributed by atoms with van der Waals surface area (Å²) in [7, 11) is 1.58. The second-order valence-corrected chi connectivity index (χ2v) is 5.97. The van der Waals surface area contributed by atoms with E-state index >= 15 is 0 Å². The highest BCUT2D eigenvalue weighted by molar-refractivity contribution is 5.39. The lowest BCUT2D eigenvalue weighted by molar-refractivity contribution is 0.104. The van der Waals surface area contributed by atoms with E-state index in [0.717, 1.165) is 37.2 Å². The lowest BCUT2D eigenvalue weighted by atomic mass is 9.77. The average Bonchev–Trinajstić information content (AvgIpc) is 2.48. The van der Waals surface area contributed by atoms with Crippen molar-refractivity contribution in [2.24, 2.45) is 5.92 Å². The molecule has 20 heavy (non-hydrogen) atoms. The quantitative estimate of drug-likeness (QED) is 0.774. The van der Waals surface area contributed by atoms with E-state index in [4.69, 9.17) is 4.74 Å². The first kappa shape index (κ1) is 15.1. The van der Waals surface area contributed by atoms with E-state index in [1.54, 1.807) is 13.2 Å². The molecule has 4 nitrogen and oxygen atoms in total. The zero-order valence-corrected chi connectivity index (χ0v) is 12.4. The number of phenolic OH excluding ortho intramolecular Hbond substituents is 1. The zero-order chi connectivity index (χ0) is 14.6. The number of hydrogen-bond donors (Lipinski definition) is 3. The number of methoxy groups -OCH3 is 1. The standard InChI is InChI=1S/C16H25NO3/c1-12-5-7-16(11-18,8-6-12)17-10-13-3-4-14(20-2)9-15(13)19/h3-4,9,12,17-19H,5-8,10-11H2,1-2H3. The predicted octanol–water partition coefficient (Wildman–Crippen LogP) is 2.43. The van der Waals surface area contributed by atoms with Crippen LogP contribution in [0.3, 0.4) is 0 Å². The number of rotatable bonds is 5. The summed E-state index contributed by atoms with van der Waals surface area (Å²) in [6.45, 7) is 2.97. The Kier molecular flexibility index (Phi) is 4.89. The van der Waals surface area contributed by atoms with Crippen molar-refractivity contribution in [2.75, 3.05) is 13.7 Å². The summed E-state index contributed by atoms with van der Waals surface area (Å²) in [6, 6.07) is 5.31. The molecule has 1 saturated carbocycles. The van der Waals surface area contributed by atoms with Crippen LogP contribution in [-0.2, 0) is 6.54 Å². The molecule has 1 aromatic rings. The molecule has 0 spiro atoms. The first-order chi connectivity index (χ1) is 9.58. The number of hydrogen-bond acceptors (Lipinski definition) is 4. The van der Waals surface area contributed by atoms with Gasteiger partial charge in [0.05, 0.1) is 13.7 Å². The number of aromatic hydroxyl groups is 1. The molecule has 1 aliphatic carbocycles. The minimum Gasteiger partial charge on any atom is -0.507 e. The number of ether oxygens (including phenoxy) is 1. The van der Waals surface area contributed by atoms with Crippen LogP contribution in [0.25, 0.3) is 0 Å². The summed E-state index contributed by atoms with van der Waals surface area (Å²) in [6.07, 6.45) is 4.26. The topological polar surface area (TPSA) is 61.7 Å². The van der Waals surface area contributed by atoms with Gasteiger partial charge in [-0.15, -0.1) is 0 Å². The van der Waals surface area contributed by atoms with Gasteiger partial charge in [-0.05, 0) is 37.7 Å². The Hall–Kier alpha value is -1.26. The minimum absolute atomic E-state index is 0.149. The number of aliphatic hydroxyl groups is 1. The van der Waals surface area contributed by atoms with Crippen molar-refractivity contribution in [3.8, 4) is 11.5 Å². The maximum Gasteiger partial charge on any atom is 0.123 e. The van der Waals surface area contributed by atoms with E-state index in [-0.39, 0.29) is 17.9 Å². The van der Waals surface area contributed by atoms with Gasteiger partial charge in [0.1, 0.15) is 11.5 Å². The van der Waals surface area contributed by atoms with Crippen LogP contribution in [0, 0.1) is 5.92 Å². The van der Waals surface area contributed by atoms with Crippen LogP contribution in [0.5, 0.6) is 11.5 Å². The molecule has 3 N–H and O–H groups in total. The van der Waals surface area contributed by atoms with E-state index in [9.17, 15) is 10.2 Å². The van der Waals surface area contributed by atoms with Gasteiger partial charge in [-0.1, -0.05) is 13.0 Å². The molecule has 0 heterocycles. The highest BCUT2D eigenvalue weighted by Gasteiger charge is 2.33. The third-order valence-corrected chi connectivity index (χ3v) is 4.48. The molecule has 0 radical (unpaired) electrons. The van der Waals surface area contributed by atoms with Gasteiger partial charge in [0.2, 0.25) is 0 Å². The van der Waals surface area contributed by atoms with Gasteiger partial charge in [0.25, 0.3) is 0 Å². The third kappa shape index (κ3) is 3.44. The number of benzene rings is 1. The van der Waals surface area contributed by atoms with E-state index in [1.165, 1.54) is 0 Å². The molecule has 1 aliphatic rings. The zero-order valence-electron chi connectivity index (χ0n) is 12.4. The molecule has 1 fully saturated rings. The van der Waals surface area contributed by atoms with E-state index in [0.29, 0.717) is 12.3 Å². The number of phenols is 1. The second kappa shape index (κ2) is 6.46. The van der Waals surface area contributed by atoms with Gasteiger partial charge < -0.3 is 20.3 Å². The molecule has 112 valence electrons. The molecule has 0 aromatic heterocycles. The van der Waals surface area contributed by atoms with E-state index in [1.807, 2.05) is 12.1 Å². The largest absolute Gasteiger partial charge is 0.507 e. The first-order valence-electron chi connectivity index (χ1n) is 7.30. The smallest absolute Gasteiger partial charge is 0.123 e. The van der Waals surface area contributed by atoms with Gasteiger partial charge in [-0.25, -0.2) is 0 Å². The summed E-state index contributed by atoms with van der Waals surface area (Å²) >= 11 is 0. The van der Waals surface area contributed by atoms with Crippen LogP contribution in [0.1, 0.15) is 38.2 Å². The van der Waals surface area contributed by atoms with Crippen LogP contribution in [0.2, 0.25) is 0 Å². The fraction of sp³-hybridized carbons (Fsp3) is 0.625. The molecule has 2 rings (SSSR count). The summed E-state index contributed by atoms with van der Waals surface area (Å²) in [5, 5.41) is 23.1. The van der Waals surface area contributed by atoms with Gasteiger partial charge in [-0.2, -0.15) is 0 Å². The summed E-state index contributed by atoms with van der Waals surface area (Å²) in [5.74, 6) is 1.62. The van der Waals surface area contributed by atoms with Gasteiger partial charge in [0.15, 0.2) is 0 Å². The van der Waals surface area contributed by atoms with Gasteiger partial charge >= 0.3 is 0 Å². The normalized spacial score (nSPS) is 26.4. The Labute approximate surface area is 120 Å². The van der Waals surface area contributed by atoms with Crippen molar-refractivity contribution in [1.82, 2.24) is 5.32 Å². The van der Waals surface area contributed by atoms with Crippen LogP contribution in [0.15, 0.2) is 18.2 Å². The Morgan fingerprint density at radius 3 is 2.60 bits per heavy atom. The molecule has 0 atom stereocenters. The maximum absolute atomic E-state index is 9.97. The summed E-state index contributed by atoms with van der Waals surface area (Å²) in [4.78, 5) is 0. The van der Waals surface area contributed by atoms with Crippen molar-refractivity contribution in [3.05, 3.63) is 23.8 Å². The first-order valence-corrected chi connectivity index (χ1v) is 7.30. The summed E-state index contributed by atoms with van der Waals surface area (Å²) in [5.41, 5.74) is 0.635. The predicted molar refractivity (Wildman–Crippen MR) is 78.9 cm³/mol. The molecule has 1 aromatic carbocycles. The van der Waals surface area contributed by atoms with Crippen LogP contribution < -0.4 is 10.1 Å². The van der Waals surface area contributed by atoms with E-state index in [2.05, 4.69) is 12.2 Å². The monoisotopic (exact) mass is 279 g/mol. The lowest BCUT2D eigenvalue weighted by Gasteiger charge is -2.39. The fourth-order valence-corrected chi connectivity index (χ4v) is 2.81. The molecule has 4 heteroatoms. The third-order valence-electron chi connectivity index (χ3n) is 4.48. The highest BCUT2D eigenvalue weighted by atomic mass is 16.5. The molecule has 0 saturated heterocycles. The lowest BCUT2D eigenvalue weighted by Crippen LogP contribution is -2.50. The van der Waals surface area contributed by atoms with Crippen LogP contribution in [0.4, 0.5) is 0 Å². The number of nitrogens with one attached hydrogen (secondary N) is 1. The van der Waals surface area contributed by atoms with Crippen molar-refractivity contribution >= 4 is 0 Å².